The third-order valence-corrected chi connectivity index (χ3v) is 2.59. The molecule has 2 N–H and O–H groups in total. The van der Waals surface area contributed by atoms with Crippen molar-refractivity contribution < 1.29 is 9.47 Å². The molecule has 0 bridgehead atoms. The number of para-hydroxylation sites is 1. The molecule has 86 valence electrons. The Morgan fingerprint density at radius 1 is 1.50 bits per heavy atom. The molecule has 0 aliphatic carbocycles. The molecule has 1 aromatic carbocycles. The van der Waals surface area contributed by atoms with Crippen LogP contribution in [-0.4, -0.2) is 32.2 Å². The van der Waals surface area contributed by atoms with E-state index in [-0.39, 0.29) is 6.10 Å². The van der Waals surface area contributed by atoms with Crippen LogP contribution in [0.5, 0.6) is 5.75 Å². The molecule has 4 nitrogen and oxygen atoms in total. The van der Waals surface area contributed by atoms with E-state index in [1.165, 1.54) is 0 Å². The van der Waals surface area contributed by atoms with Crippen LogP contribution in [-0.2, 0) is 11.2 Å². The number of methoxy groups -OCH3 is 1. The average Bonchev–Trinajstić information content (AvgIpc) is 2.77. The molecule has 0 saturated heterocycles. The van der Waals surface area contributed by atoms with Crippen LogP contribution < -0.4 is 10.5 Å². The molecule has 0 aromatic heterocycles. The lowest BCUT2D eigenvalue weighted by Gasteiger charge is -2.13. The third-order valence-electron chi connectivity index (χ3n) is 2.59. The topological polar surface area (TPSA) is 56.8 Å². The Morgan fingerprint density at radius 2 is 2.31 bits per heavy atom. The molecule has 1 atom stereocenters. The van der Waals surface area contributed by atoms with Gasteiger partial charge in [-0.25, -0.2) is 0 Å². The monoisotopic (exact) mass is 220 g/mol. The Balaban J connectivity index is 2.00. The highest BCUT2D eigenvalue weighted by Gasteiger charge is 2.20. The van der Waals surface area contributed by atoms with Gasteiger partial charge in [0.15, 0.2) is 5.90 Å². The van der Waals surface area contributed by atoms with Crippen molar-refractivity contribution in [3.8, 4) is 5.75 Å². The number of benzene rings is 1. The second kappa shape index (κ2) is 4.99. The molecular weight excluding hydrogens is 204 g/mol. The van der Waals surface area contributed by atoms with E-state index in [1.54, 1.807) is 7.11 Å². The van der Waals surface area contributed by atoms with Crippen molar-refractivity contribution in [1.29, 1.82) is 0 Å². The third kappa shape index (κ3) is 2.33. The zero-order valence-corrected chi connectivity index (χ0v) is 9.35. The van der Waals surface area contributed by atoms with Crippen molar-refractivity contribution in [3.05, 3.63) is 29.8 Å². The van der Waals surface area contributed by atoms with Gasteiger partial charge in [-0.05, 0) is 11.6 Å². The minimum absolute atomic E-state index is 0.0925. The van der Waals surface area contributed by atoms with Crippen molar-refractivity contribution in [2.75, 3.05) is 20.2 Å². The molecular formula is C12H16N2O2. The number of nitrogens with zero attached hydrogens (tertiary/aromatic N) is 1. The van der Waals surface area contributed by atoms with Crippen LogP contribution in [0.1, 0.15) is 5.56 Å². The van der Waals surface area contributed by atoms with Gasteiger partial charge in [0.05, 0.1) is 20.2 Å². The van der Waals surface area contributed by atoms with Gasteiger partial charge in [-0.15, -0.1) is 0 Å². The van der Waals surface area contributed by atoms with Gasteiger partial charge in [-0.3, -0.25) is 4.99 Å². The van der Waals surface area contributed by atoms with E-state index in [4.69, 9.17) is 15.2 Å². The molecule has 1 heterocycles. The summed E-state index contributed by atoms with van der Waals surface area (Å²) in [5.74, 6) is 1.55. The summed E-state index contributed by atoms with van der Waals surface area (Å²) in [5.41, 5.74) is 6.61. The van der Waals surface area contributed by atoms with Gasteiger partial charge in [0.2, 0.25) is 0 Å². The molecule has 0 saturated carbocycles. The van der Waals surface area contributed by atoms with Crippen LogP contribution in [0.2, 0.25) is 0 Å². The van der Waals surface area contributed by atoms with Gasteiger partial charge >= 0.3 is 0 Å². The maximum atomic E-state index is 5.58. The highest BCUT2D eigenvalue weighted by atomic mass is 16.5. The normalized spacial score (nSPS) is 19.1. The Labute approximate surface area is 95.1 Å². The molecule has 0 fully saturated rings. The summed E-state index contributed by atoms with van der Waals surface area (Å²) < 4.78 is 10.9. The van der Waals surface area contributed by atoms with E-state index in [1.807, 2.05) is 24.3 Å². The first-order chi connectivity index (χ1) is 7.83. The molecule has 2 rings (SSSR count). The maximum Gasteiger partial charge on any atom is 0.197 e. The predicted octanol–water partition coefficient (Wildman–Crippen LogP) is 0.994. The van der Waals surface area contributed by atoms with Crippen molar-refractivity contribution in [1.82, 2.24) is 0 Å². The van der Waals surface area contributed by atoms with Gasteiger partial charge < -0.3 is 15.2 Å². The van der Waals surface area contributed by atoms with Crippen LogP contribution in [0.25, 0.3) is 0 Å². The fraction of sp³-hybridized carbons (Fsp3) is 0.417. The lowest BCUT2D eigenvalue weighted by Crippen LogP contribution is -2.20. The molecule has 1 aromatic rings. The van der Waals surface area contributed by atoms with Crippen molar-refractivity contribution in [2.45, 2.75) is 12.5 Å². The molecule has 1 aliphatic heterocycles. The summed E-state index contributed by atoms with van der Waals surface area (Å²) in [4.78, 5) is 4.22. The van der Waals surface area contributed by atoms with Gasteiger partial charge in [-0.1, -0.05) is 18.2 Å². The first-order valence-electron chi connectivity index (χ1n) is 5.35. The lowest BCUT2D eigenvalue weighted by molar-refractivity contribution is 0.220. The zero-order valence-electron chi connectivity index (χ0n) is 9.35. The van der Waals surface area contributed by atoms with Crippen molar-refractivity contribution in [3.63, 3.8) is 0 Å². The molecule has 4 heteroatoms. The molecule has 1 aliphatic rings. The van der Waals surface area contributed by atoms with Crippen LogP contribution in [0.4, 0.5) is 0 Å². The first kappa shape index (κ1) is 11.0. The number of aliphatic imine (C=N–C) groups is 1. The molecule has 16 heavy (non-hydrogen) atoms. The van der Waals surface area contributed by atoms with Crippen molar-refractivity contribution >= 4 is 5.90 Å². The number of hydrogen-bond acceptors (Lipinski definition) is 4. The minimum atomic E-state index is 0.0925. The highest BCUT2D eigenvalue weighted by Crippen LogP contribution is 2.21. The van der Waals surface area contributed by atoms with Crippen LogP contribution in [0.15, 0.2) is 29.3 Å². The smallest absolute Gasteiger partial charge is 0.197 e. The molecule has 1 unspecified atom stereocenters. The van der Waals surface area contributed by atoms with Crippen LogP contribution in [0, 0.1) is 0 Å². The fourth-order valence-electron chi connectivity index (χ4n) is 1.81. The van der Waals surface area contributed by atoms with Crippen molar-refractivity contribution in [2.24, 2.45) is 10.7 Å². The van der Waals surface area contributed by atoms with Crippen LogP contribution >= 0.6 is 0 Å². The Bertz CT molecular complexity index is 390. The van der Waals surface area contributed by atoms with Gasteiger partial charge in [-0.2, -0.15) is 0 Å². The summed E-state index contributed by atoms with van der Waals surface area (Å²) in [6.45, 7) is 1.06. The summed E-state index contributed by atoms with van der Waals surface area (Å²) in [5, 5.41) is 0. The Hall–Kier alpha value is -1.55. The highest BCUT2D eigenvalue weighted by molar-refractivity contribution is 5.79. The summed E-state index contributed by atoms with van der Waals surface area (Å²) in [7, 11) is 1.68. The lowest BCUT2D eigenvalue weighted by atomic mass is 10.1. The first-order valence-corrected chi connectivity index (χ1v) is 5.35. The maximum absolute atomic E-state index is 5.58. The number of ether oxygens (including phenoxy) is 2. The van der Waals surface area contributed by atoms with E-state index >= 15 is 0 Å². The zero-order chi connectivity index (χ0) is 11.4. The average molecular weight is 220 g/mol. The van der Waals surface area contributed by atoms with Gasteiger partial charge in [0.25, 0.3) is 0 Å². The molecule has 0 spiro atoms. The van der Waals surface area contributed by atoms with E-state index < -0.39 is 0 Å². The molecule has 0 amide bonds. The number of nitrogens with two attached hydrogens (primary N) is 1. The van der Waals surface area contributed by atoms with E-state index in [0.29, 0.717) is 19.0 Å². The largest absolute Gasteiger partial charge is 0.496 e. The van der Waals surface area contributed by atoms with Gasteiger partial charge in [0.1, 0.15) is 11.9 Å². The van der Waals surface area contributed by atoms with E-state index in [0.717, 1.165) is 17.7 Å². The fourth-order valence-corrected chi connectivity index (χ4v) is 1.81. The predicted molar refractivity (Wildman–Crippen MR) is 62.9 cm³/mol. The Kier molecular flexibility index (Phi) is 3.41. The number of rotatable bonds is 4. The second-order valence-corrected chi connectivity index (χ2v) is 3.69. The molecule has 0 radical (unpaired) electrons. The Morgan fingerprint density at radius 3 is 3.00 bits per heavy atom. The minimum Gasteiger partial charge on any atom is -0.496 e. The van der Waals surface area contributed by atoms with E-state index in [9.17, 15) is 0 Å². The van der Waals surface area contributed by atoms with E-state index in [2.05, 4.69) is 4.99 Å². The SMILES string of the molecule is COc1ccccc1CC1CN=C(CN)O1. The number of hydrogen-bond donors (Lipinski definition) is 1. The van der Waals surface area contributed by atoms with Gasteiger partial charge in [0, 0.05) is 6.42 Å². The second-order valence-electron chi connectivity index (χ2n) is 3.69. The quantitative estimate of drug-likeness (QED) is 0.823. The van der Waals surface area contributed by atoms with Crippen LogP contribution in [0.3, 0.4) is 0 Å². The summed E-state index contributed by atoms with van der Waals surface area (Å²) in [6, 6.07) is 7.95. The standard InChI is InChI=1S/C12H16N2O2/c1-15-11-5-3-2-4-9(11)6-10-8-14-12(7-13)16-10/h2-5,10H,6-8,13H2,1H3. The summed E-state index contributed by atoms with van der Waals surface area (Å²) >= 11 is 0. The summed E-state index contributed by atoms with van der Waals surface area (Å²) in [6.07, 6.45) is 0.895.